The van der Waals surface area contributed by atoms with Gasteiger partial charge >= 0.3 is 5.97 Å². The van der Waals surface area contributed by atoms with Crippen molar-refractivity contribution in [2.24, 2.45) is 0 Å². The Bertz CT molecular complexity index is 3830. The Hall–Kier alpha value is -7.60. The largest absolute Gasteiger partial charge is 0.394 e. The van der Waals surface area contributed by atoms with Crippen LogP contribution < -0.4 is 31.9 Å². The van der Waals surface area contributed by atoms with Crippen LogP contribution in [0, 0.1) is 0 Å². The molecule has 0 aliphatic carbocycles. The number of amides is 11. The lowest BCUT2D eigenvalue weighted by Crippen LogP contribution is -2.59. The van der Waals surface area contributed by atoms with Crippen LogP contribution in [0.4, 0.5) is 0 Å². The van der Waals surface area contributed by atoms with Crippen LogP contribution in [0.1, 0.15) is 141 Å². The molecule has 7 fully saturated rings. The molecule has 0 aromatic rings. The maximum atomic E-state index is 14.3. The Labute approximate surface area is 843 Å². The van der Waals surface area contributed by atoms with Crippen LogP contribution in [0.25, 0.3) is 0 Å². The first-order valence-corrected chi connectivity index (χ1v) is 49.2. The van der Waals surface area contributed by atoms with Crippen LogP contribution in [0.3, 0.4) is 0 Å². The fraction of sp³-hybridized carbons (Fsp3) is 0.864. The van der Waals surface area contributed by atoms with Gasteiger partial charge < -0.3 is 231 Å². The quantitative estimate of drug-likeness (QED) is 0.0199. The lowest BCUT2D eigenvalue weighted by atomic mass is 9.99. The highest BCUT2D eigenvalue weighted by Crippen LogP contribution is 2.30. The highest BCUT2D eigenvalue weighted by atomic mass is 16.8. The van der Waals surface area contributed by atoms with Crippen molar-refractivity contribution in [1.82, 2.24) is 51.7 Å². The zero-order chi connectivity index (χ0) is 108. The van der Waals surface area contributed by atoms with Crippen molar-refractivity contribution < 1.29 is 242 Å². The topological polar surface area (TPSA) is 895 Å². The number of imide groups is 1. The highest BCUT2D eigenvalue weighted by molar-refractivity contribution is 6.01. The Morgan fingerprint density at radius 1 is 0.286 bits per heavy atom. The smallest absolute Gasteiger partial charge is 0.333 e. The molecule has 7 aliphatic heterocycles. The van der Waals surface area contributed by atoms with Crippen molar-refractivity contribution in [3.8, 4) is 0 Å². The summed E-state index contributed by atoms with van der Waals surface area (Å²) in [7, 11) is 0. The monoisotopic (exact) mass is 2130 g/mol. The molecule has 0 aromatic heterocycles. The molecule has 7 rings (SSSR count). The number of carbonyl (C=O) groups excluding carboxylic acids is 12. The van der Waals surface area contributed by atoms with Crippen molar-refractivity contribution in [2.45, 2.75) is 338 Å². The number of aliphatic hydroxyl groups excluding tert-OH is 24. The van der Waals surface area contributed by atoms with Crippen LogP contribution in [-0.2, 0) is 119 Å². The molecule has 0 radical (unpaired) electrons. The zero-order valence-corrected chi connectivity index (χ0v) is 81.3. The average molecular weight is 2130 g/mol. The first kappa shape index (κ1) is 126. The predicted molar refractivity (Wildman–Crippen MR) is 483 cm³/mol. The molecule has 7 heterocycles. The van der Waals surface area contributed by atoms with Gasteiger partial charge in [-0.3, -0.25) is 52.7 Å². The van der Waals surface area contributed by atoms with E-state index in [-0.39, 0.29) is 214 Å². The van der Waals surface area contributed by atoms with E-state index in [9.17, 15) is 180 Å². The maximum absolute atomic E-state index is 14.3. The first-order chi connectivity index (χ1) is 70.1. The molecule has 0 bridgehead atoms. The van der Waals surface area contributed by atoms with E-state index in [1.165, 1.54) is 14.7 Å². The van der Waals surface area contributed by atoms with Crippen molar-refractivity contribution in [3.63, 3.8) is 0 Å². The van der Waals surface area contributed by atoms with E-state index >= 15 is 0 Å². The zero-order valence-electron chi connectivity index (χ0n) is 81.3. The molecule has 32 atom stereocenters. The summed E-state index contributed by atoms with van der Waals surface area (Å²) in [6.45, 7) is -9.37. The molecule has 147 heavy (non-hydrogen) atoms. The second-order valence-corrected chi connectivity index (χ2v) is 36.3. The molecule has 59 nitrogen and oxygen atoms in total. The first-order valence-electron chi connectivity index (χ1n) is 49.2. The van der Waals surface area contributed by atoms with Crippen LogP contribution in [0.5, 0.6) is 0 Å². The van der Waals surface area contributed by atoms with Gasteiger partial charge in [-0.25, -0.2) is 4.79 Å². The third-order valence-electron chi connectivity index (χ3n) is 25.4. The van der Waals surface area contributed by atoms with Crippen molar-refractivity contribution in [2.75, 3.05) is 145 Å². The number of carbonyl (C=O) groups is 12. The summed E-state index contributed by atoms with van der Waals surface area (Å²) >= 11 is 0. The molecule has 0 aromatic carbocycles. The number of ether oxygens (including phenoxy) is 12. The van der Waals surface area contributed by atoms with Crippen molar-refractivity contribution in [1.29, 1.82) is 0 Å². The van der Waals surface area contributed by atoms with Crippen molar-refractivity contribution in [3.05, 3.63) is 0 Å². The van der Waals surface area contributed by atoms with Crippen LogP contribution in [0.15, 0.2) is 0 Å². The summed E-state index contributed by atoms with van der Waals surface area (Å²) in [5.74, 6) is -8.80. The number of rotatable bonds is 66. The molecule has 846 valence electrons. The minimum Gasteiger partial charge on any atom is -0.394 e. The molecule has 11 amide bonds. The van der Waals surface area contributed by atoms with Crippen LogP contribution in [0.2, 0.25) is 0 Å². The summed E-state index contributed by atoms with van der Waals surface area (Å²) < 4.78 is 66.2. The van der Waals surface area contributed by atoms with E-state index in [0.717, 1.165) is 0 Å². The summed E-state index contributed by atoms with van der Waals surface area (Å²) in [6, 6.07) is -3.09. The normalized spacial score (nSPS) is 31.4. The van der Waals surface area contributed by atoms with Crippen LogP contribution >= 0.6 is 0 Å². The van der Waals surface area contributed by atoms with Gasteiger partial charge in [-0.1, -0.05) is 19.3 Å². The van der Waals surface area contributed by atoms with Gasteiger partial charge in [0.05, 0.1) is 85.8 Å². The molecule has 0 spiro atoms. The number of nitrogens with zero attached hydrogens (tertiary/aromatic N) is 4. The number of hydrogen-bond acceptors (Lipinski definition) is 49. The minimum absolute atomic E-state index is 0.00539. The fourth-order valence-corrected chi connectivity index (χ4v) is 16.4. The Morgan fingerprint density at radius 3 is 0.810 bits per heavy atom. The highest BCUT2D eigenvalue weighted by Gasteiger charge is 2.51. The molecular weight excluding hydrogens is 1980 g/mol. The molecule has 7 saturated heterocycles. The number of hydroxylamine groups is 2. The Kier molecular flexibility index (Phi) is 56.5. The number of aliphatic hydroxyl groups is 24. The van der Waals surface area contributed by atoms with Gasteiger partial charge in [0.25, 0.3) is 11.8 Å². The third-order valence-corrected chi connectivity index (χ3v) is 25.4. The third kappa shape index (κ3) is 39.8. The molecule has 59 heteroatoms. The van der Waals surface area contributed by atoms with E-state index in [2.05, 4.69) is 31.9 Å². The van der Waals surface area contributed by atoms with E-state index in [4.69, 9.17) is 61.7 Å². The summed E-state index contributed by atoms with van der Waals surface area (Å²) in [5, 5.41) is 261. The van der Waals surface area contributed by atoms with Gasteiger partial charge in [-0.05, 0) is 64.2 Å². The van der Waals surface area contributed by atoms with Gasteiger partial charge in [-0.15, -0.1) is 5.06 Å². The average Bonchev–Trinajstić information content (AvgIpc) is 1.33. The number of hydrogen-bond donors (Lipinski definition) is 30. The van der Waals surface area contributed by atoms with E-state index < -0.39 is 333 Å². The lowest BCUT2D eigenvalue weighted by Gasteiger charge is -2.40. The molecule has 0 unspecified atom stereocenters. The van der Waals surface area contributed by atoms with Crippen molar-refractivity contribution >= 4 is 70.9 Å². The van der Waals surface area contributed by atoms with Gasteiger partial charge in [0.2, 0.25) is 53.2 Å². The number of unbranched alkanes of at least 4 members (excludes halogenated alkanes) is 7. The SMILES string of the molecule is O=C(CC[C@H](NC(=O)CC[C@H](NC(=O)CNC(=O)CCCCC(=O)ON1C(=O)CCC1=O)C(=O)NCCCCCC(=O)N(CCO[C@H]1O[C@H](CO)[C@@H](O)[C@H](O)[C@@H]1O)CCO[C@H]1O[C@H](CO)[C@@H](O)[C@H](O)[C@@H]1O)C(=O)NCCCCCC(=O)N(CCO[C@H]1O[C@H](CO)[C@@H](O)[C@H](O)[C@@H]1O)CCO[C@H]1O[C@H](CO)[C@@H](O)[C@H](O)[C@@H]1O)NCCCCCC(=O)N(CCO[C@H]1O[C@H](CO)[C@@H](O)[C@H](O)[C@@H]1O)CCO[C@H]1O[C@H](CO)[C@@H](O)[C@H](O)[C@@H]1O. The van der Waals surface area contributed by atoms with E-state index in [1.807, 2.05) is 0 Å². The summed E-state index contributed by atoms with van der Waals surface area (Å²) in [5.41, 5.74) is 0. The standard InChI is InChI=1S/C88H150N10O49/c99-39-47-63(115)69(121)75(127)83(141-47)135-32-26-95(27-33-136-84-76(128)70(122)64(116)48(40-100)142-84)57(109)13-4-1-9-23-89-54(106)19-17-45(81(133)90-24-10-2-5-14-58(110)96(28-34-137-85-77(129)71(123)65(117)49(41-101)143-85)29-35-138-86-78(130)72(124)66(118)50(42-102)144-86)93-55(107)20-18-46(94-56(108)38-92-53(105)12-7-8-16-62(114)147-98-60(112)21-22-61(98)113)82(134)91-25-11-3-6-15-59(111)97(30-36-139-87-79(131)73(125)67(119)51(43-103)145-87)31-37-140-88-80(132)74(126)68(120)52(44-104)146-88/h45-52,63-80,83-88,99-104,115-132H,1-44H2,(H,89,106)(H,90,133)(H,91,134)(H,92,105)(H,93,107)(H,94,108)/t45-,46-,47+,48+,49+,50+,51+,52+,63+,64+,65+,66+,67+,68+,69-,70-,71-,72-,73-,74-,75-,76-,77-,78-,79-,80-,83-,84-,85-,86-,87-,88-/m0/s1. The summed E-state index contributed by atoms with van der Waals surface area (Å²) in [6.07, 6.45) is -50.7. The van der Waals surface area contributed by atoms with E-state index in [0.29, 0.717) is 11.5 Å². The van der Waals surface area contributed by atoms with Gasteiger partial charge in [0.15, 0.2) is 37.7 Å². The minimum atomic E-state index is -1.80. The lowest BCUT2D eigenvalue weighted by molar-refractivity contribution is -0.303. The number of nitrogens with one attached hydrogen (secondary N) is 6. The Balaban J connectivity index is 1.00. The van der Waals surface area contributed by atoms with E-state index in [1.54, 1.807) is 0 Å². The fourth-order valence-electron chi connectivity index (χ4n) is 16.4. The van der Waals surface area contributed by atoms with Crippen LogP contribution in [-0.4, -0.2) is 554 Å². The van der Waals surface area contributed by atoms with Gasteiger partial charge in [0.1, 0.15) is 159 Å². The molecule has 30 N–H and O–H groups in total. The predicted octanol–water partition coefficient (Wildman–Crippen LogP) is -16.8. The molecule has 0 saturated carbocycles. The molecular formula is C88H150N10O49. The van der Waals surface area contributed by atoms with Gasteiger partial charge in [-0.2, -0.15) is 0 Å². The summed E-state index contributed by atoms with van der Waals surface area (Å²) in [4.78, 5) is 170. The maximum Gasteiger partial charge on any atom is 0.333 e. The second-order valence-electron chi connectivity index (χ2n) is 36.3. The van der Waals surface area contributed by atoms with Gasteiger partial charge in [0, 0.05) is 117 Å². The second kappa shape index (κ2) is 65.7. The Morgan fingerprint density at radius 2 is 0.531 bits per heavy atom. The molecule has 7 aliphatic rings.